The lowest BCUT2D eigenvalue weighted by molar-refractivity contribution is 1.27. The van der Waals surface area contributed by atoms with Gasteiger partial charge in [-0.15, -0.1) is 25.3 Å². The van der Waals surface area contributed by atoms with Crippen LogP contribution in [0.2, 0.25) is 0 Å². The molecule has 0 unspecified atom stereocenters. The van der Waals surface area contributed by atoms with E-state index in [1.54, 1.807) is 0 Å². The Bertz CT molecular complexity index is 480. The number of hydrogen-bond donors (Lipinski definition) is 2. The minimum atomic E-state index is 0.428. The van der Waals surface area contributed by atoms with Crippen LogP contribution in [0.3, 0.4) is 0 Å². The predicted molar refractivity (Wildman–Crippen MR) is 66.4 cm³/mol. The normalized spacial score (nSPS) is 11.1. The summed E-state index contributed by atoms with van der Waals surface area (Å²) < 4.78 is 7.95. The van der Waals surface area contributed by atoms with Crippen molar-refractivity contribution in [3.63, 3.8) is 0 Å². The summed E-state index contributed by atoms with van der Waals surface area (Å²) in [5.74, 6) is 0. The molecule has 2 aromatic carbocycles. The lowest BCUT2D eigenvalue weighted by atomic mass is 10.1. The molecule has 0 aliphatic heterocycles. The quantitative estimate of drug-likeness (QED) is 0.667. The van der Waals surface area contributed by atoms with Crippen molar-refractivity contribution >= 4 is 25.3 Å². The minimum Gasteiger partial charge on any atom is -0.142 e. The smallest absolute Gasteiger partial charge is 0.0641 e. The monoisotopic (exact) mass is 219 g/mol. The molecule has 0 atom stereocenters. The molecular weight excluding hydrogens is 208 g/mol. The first-order valence-corrected chi connectivity index (χ1v) is 5.16. The van der Waals surface area contributed by atoms with Crippen LogP contribution in [0.15, 0.2) is 58.3 Å². The Hall–Kier alpha value is -0.860. The maximum absolute atomic E-state index is 7.95. The summed E-state index contributed by atoms with van der Waals surface area (Å²) in [4.78, 5) is 1.36. The second-order valence-electron chi connectivity index (χ2n) is 2.97. The maximum Gasteiger partial charge on any atom is 0.0641 e. The Labute approximate surface area is 96.2 Å². The van der Waals surface area contributed by atoms with E-state index in [1.165, 1.54) is 0 Å². The lowest BCUT2D eigenvalue weighted by Crippen LogP contribution is -1.78. The molecule has 2 rings (SSSR count). The van der Waals surface area contributed by atoms with Crippen LogP contribution in [0.4, 0.5) is 0 Å². The molecule has 0 aromatic heterocycles. The van der Waals surface area contributed by atoms with Crippen molar-refractivity contribution in [3.05, 3.63) is 48.5 Å². The van der Waals surface area contributed by atoms with Crippen molar-refractivity contribution < 1.29 is 1.37 Å². The van der Waals surface area contributed by atoms with Crippen LogP contribution >= 0.6 is 25.3 Å². The van der Waals surface area contributed by atoms with Crippen molar-refractivity contribution in [2.45, 2.75) is 9.79 Å². The van der Waals surface area contributed by atoms with E-state index in [2.05, 4.69) is 25.3 Å². The molecular formula is C12H10S2. The number of thiol groups is 2. The number of benzene rings is 2. The van der Waals surface area contributed by atoms with E-state index in [-0.39, 0.29) is 0 Å². The first-order chi connectivity index (χ1) is 7.20. The first-order valence-electron chi connectivity index (χ1n) is 4.77. The Morgan fingerprint density at radius 1 is 0.786 bits per heavy atom. The fraction of sp³-hybridized carbons (Fsp3) is 0. The summed E-state index contributed by atoms with van der Waals surface area (Å²) in [5, 5.41) is 0. The second kappa shape index (κ2) is 4.11. The van der Waals surface area contributed by atoms with Crippen molar-refractivity contribution in [2.24, 2.45) is 0 Å². The number of hydrogen-bond acceptors (Lipinski definition) is 2. The Kier molecular flexibility index (Phi) is 2.48. The topological polar surface area (TPSA) is 0 Å². The third kappa shape index (κ3) is 1.97. The molecule has 0 spiro atoms. The molecule has 2 aromatic rings. The molecule has 0 bridgehead atoms. The third-order valence-electron chi connectivity index (χ3n) is 1.99. The maximum atomic E-state index is 7.95. The van der Waals surface area contributed by atoms with Gasteiger partial charge in [-0.2, -0.15) is 0 Å². The van der Waals surface area contributed by atoms with Gasteiger partial charge < -0.3 is 0 Å². The fourth-order valence-electron chi connectivity index (χ4n) is 1.26. The highest BCUT2D eigenvalue weighted by Gasteiger charge is 1.99. The summed E-state index contributed by atoms with van der Waals surface area (Å²) in [6.45, 7) is 0. The Morgan fingerprint density at radius 2 is 1.50 bits per heavy atom. The van der Waals surface area contributed by atoms with Crippen LogP contribution in [0.5, 0.6) is 0 Å². The van der Waals surface area contributed by atoms with Gasteiger partial charge in [-0.05, 0) is 23.2 Å². The molecule has 0 heterocycles. The highest BCUT2D eigenvalue weighted by Crippen LogP contribution is 2.25. The fourth-order valence-corrected chi connectivity index (χ4v) is 1.59. The van der Waals surface area contributed by atoms with E-state index in [0.29, 0.717) is 10.9 Å². The van der Waals surface area contributed by atoms with Gasteiger partial charge in [0.05, 0.1) is 1.37 Å². The SMILES string of the molecule is [2H]c1c(-c2ccccc2)ccc(S)c1S. The van der Waals surface area contributed by atoms with Gasteiger partial charge >= 0.3 is 0 Å². The zero-order valence-corrected chi connectivity index (χ0v) is 9.22. The molecule has 0 radical (unpaired) electrons. The lowest BCUT2D eigenvalue weighted by Gasteiger charge is -2.03. The van der Waals surface area contributed by atoms with Gasteiger partial charge in [0.25, 0.3) is 0 Å². The molecule has 0 aliphatic rings. The largest absolute Gasteiger partial charge is 0.142 e. The zero-order chi connectivity index (χ0) is 10.8. The third-order valence-corrected chi connectivity index (χ3v) is 2.89. The van der Waals surface area contributed by atoms with Gasteiger partial charge in [-0.25, -0.2) is 0 Å². The molecule has 14 heavy (non-hydrogen) atoms. The predicted octanol–water partition coefficient (Wildman–Crippen LogP) is 3.93. The number of rotatable bonds is 1. The summed E-state index contributed by atoms with van der Waals surface area (Å²) in [6, 6.07) is 14.0. The molecule has 0 saturated heterocycles. The van der Waals surface area contributed by atoms with Gasteiger partial charge in [0.2, 0.25) is 0 Å². The Morgan fingerprint density at radius 3 is 2.21 bits per heavy atom. The van der Waals surface area contributed by atoms with E-state index >= 15 is 0 Å². The summed E-state index contributed by atoms with van der Waals surface area (Å²) in [7, 11) is 0. The van der Waals surface area contributed by atoms with Gasteiger partial charge in [0.15, 0.2) is 0 Å². The highest BCUT2D eigenvalue weighted by molar-refractivity contribution is 7.83. The van der Waals surface area contributed by atoms with Crippen LogP contribution in [0.25, 0.3) is 11.1 Å². The second-order valence-corrected chi connectivity index (χ2v) is 3.90. The minimum absolute atomic E-state index is 0.428. The van der Waals surface area contributed by atoms with Crippen molar-refractivity contribution in [3.8, 4) is 11.1 Å². The van der Waals surface area contributed by atoms with Gasteiger partial charge in [-0.1, -0.05) is 36.4 Å². The average Bonchev–Trinajstić information content (AvgIpc) is 2.27. The van der Waals surface area contributed by atoms with E-state index in [0.717, 1.165) is 16.0 Å². The summed E-state index contributed by atoms with van der Waals surface area (Å²) in [5.41, 5.74) is 1.92. The molecule has 0 amide bonds. The van der Waals surface area contributed by atoms with Gasteiger partial charge in [0.1, 0.15) is 0 Å². The van der Waals surface area contributed by atoms with Crippen LogP contribution in [-0.4, -0.2) is 0 Å². The van der Waals surface area contributed by atoms with E-state index < -0.39 is 0 Å². The zero-order valence-electron chi connectivity index (χ0n) is 8.44. The first kappa shape index (κ1) is 8.45. The molecule has 0 N–H and O–H groups in total. The summed E-state index contributed by atoms with van der Waals surface area (Å²) in [6.07, 6.45) is 0. The van der Waals surface area contributed by atoms with E-state index in [9.17, 15) is 0 Å². The molecule has 0 fully saturated rings. The van der Waals surface area contributed by atoms with Crippen LogP contribution in [0.1, 0.15) is 1.37 Å². The van der Waals surface area contributed by atoms with Crippen LogP contribution in [-0.2, 0) is 0 Å². The van der Waals surface area contributed by atoms with E-state index in [4.69, 9.17) is 1.37 Å². The van der Waals surface area contributed by atoms with Crippen molar-refractivity contribution in [1.82, 2.24) is 0 Å². The van der Waals surface area contributed by atoms with Crippen LogP contribution in [0, 0.1) is 0 Å². The van der Waals surface area contributed by atoms with Crippen LogP contribution < -0.4 is 0 Å². The molecule has 70 valence electrons. The molecule has 2 heteroatoms. The molecule has 0 nitrogen and oxygen atoms in total. The van der Waals surface area contributed by atoms with Crippen molar-refractivity contribution in [1.29, 1.82) is 0 Å². The van der Waals surface area contributed by atoms with Gasteiger partial charge in [0, 0.05) is 9.79 Å². The molecule has 0 saturated carbocycles. The summed E-state index contributed by atoms with van der Waals surface area (Å²) >= 11 is 8.50. The Balaban J connectivity index is 2.60. The molecule has 0 aliphatic carbocycles. The highest BCUT2D eigenvalue weighted by atomic mass is 32.1. The standard InChI is InChI=1S/C12H10S2/c13-11-7-6-10(8-12(11)14)9-4-2-1-3-5-9/h1-8,13-14H/i8D. The van der Waals surface area contributed by atoms with Crippen molar-refractivity contribution in [2.75, 3.05) is 0 Å². The van der Waals surface area contributed by atoms with E-state index in [1.807, 2.05) is 42.5 Å². The van der Waals surface area contributed by atoms with Gasteiger partial charge in [-0.3, -0.25) is 0 Å². The average molecular weight is 219 g/mol.